The van der Waals surface area contributed by atoms with E-state index in [9.17, 15) is 0 Å². The number of pyridine rings is 2. The molecule has 36 heavy (non-hydrogen) atoms. The van der Waals surface area contributed by atoms with Gasteiger partial charge in [0.1, 0.15) is 5.69 Å². The number of allylic oxidation sites excluding steroid dienone is 3. The van der Waals surface area contributed by atoms with E-state index in [1.165, 1.54) is 11.3 Å². The average molecular weight is 484 g/mol. The minimum atomic E-state index is 0.898. The lowest BCUT2D eigenvalue weighted by Crippen LogP contribution is -2.43. The Kier molecular flexibility index (Phi) is 8.00. The second-order valence-corrected chi connectivity index (χ2v) is 8.97. The van der Waals surface area contributed by atoms with Gasteiger partial charge in [-0.1, -0.05) is 26.0 Å². The lowest BCUT2D eigenvalue weighted by atomic mass is 10.1. The summed E-state index contributed by atoms with van der Waals surface area (Å²) in [7, 11) is 2.19. The fourth-order valence-corrected chi connectivity index (χ4v) is 4.55. The van der Waals surface area contributed by atoms with Crippen LogP contribution in [0.5, 0.6) is 0 Å². The van der Waals surface area contributed by atoms with Crippen molar-refractivity contribution in [2.24, 2.45) is 0 Å². The van der Waals surface area contributed by atoms with Crippen LogP contribution in [0.15, 0.2) is 55.0 Å². The van der Waals surface area contributed by atoms with E-state index in [0.29, 0.717) is 0 Å². The summed E-state index contributed by atoms with van der Waals surface area (Å²) in [5, 5.41) is 8.85. The molecular formula is C29H37N7. The van der Waals surface area contributed by atoms with E-state index in [2.05, 4.69) is 93.1 Å². The van der Waals surface area contributed by atoms with Gasteiger partial charge in [-0.05, 0) is 57.7 Å². The minimum Gasteiger partial charge on any atom is -0.368 e. The number of likely N-dealkylation sites (N-methyl/N-ethyl adjacent to an activating group) is 1. The number of hydrogen-bond donors (Lipinski definition) is 2. The van der Waals surface area contributed by atoms with Gasteiger partial charge in [0.25, 0.3) is 0 Å². The number of fused-ring (bicyclic) bond motifs is 1. The predicted octanol–water partition coefficient (Wildman–Crippen LogP) is 5.82. The summed E-state index contributed by atoms with van der Waals surface area (Å²) in [4.78, 5) is 17.4. The molecule has 0 spiro atoms. The fraction of sp³-hybridized carbons (Fsp3) is 0.345. The number of aromatic amines is 2. The van der Waals surface area contributed by atoms with Gasteiger partial charge in [0, 0.05) is 66.5 Å². The normalized spacial score (nSPS) is 14.9. The van der Waals surface area contributed by atoms with E-state index in [1.54, 1.807) is 0 Å². The van der Waals surface area contributed by atoms with Gasteiger partial charge in [-0.25, -0.2) is 0 Å². The van der Waals surface area contributed by atoms with Crippen LogP contribution in [0, 0.1) is 13.8 Å². The van der Waals surface area contributed by atoms with E-state index < -0.39 is 0 Å². The van der Waals surface area contributed by atoms with Crippen molar-refractivity contribution in [1.82, 2.24) is 34.9 Å². The van der Waals surface area contributed by atoms with Crippen molar-refractivity contribution in [1.29, 1.82) is 0 Å². The zero-order chi connectivity index (χ0) is 25.7. The van der Waals surface area contributed by atoms with Gasteiger partial charge in [0.05, 0.1) is 23.1 Å². The molecule has 0 amide bonds. The highest BCUT2D eigenvalue weighted by Gasteiger charge is 2.21. The summed E-state index contributed by atoms with van der Waals surface area (Å²) in [6, 6.07) is 6.34. The summed E-state index contributed by atoms with van der Waals surface area (Å²) < 4.78 is 0. The van der Waals surface area contributed by atoms with Crippen LogP contribution in [0.3, 0.4) is 0 Å². The highest BCUT2D eigenvalue weighted by molar-refractivity contribution is 5.94. The van der Waals surface area contributed by atoms with Gasteiger partial charge in [-0.15, -0.1) is 0 Å². The Bertz CT molecular complexity index is 1370. The molecule has 0 unspecified atom stereocenters. The maximum absolute atomic E-state index is 4.66. The number of aromatic nitrogens is 5. The summed E-state index contributed by atoms with van der Waals surface area (Å²) in [6.45, 7) is 14.4. The van der Waals surface area contributed by atoms with Crippen LogP contribution in [0.4, 0.5) is 0 Å². The van der Waals surface area contributed by atoms with Crippen molar-refractivity contribution in [3.05, 3.63) is 71.8 Å². The first kappa shape index (κ1) is 25.4. The first-order valence-electron chi connectivity index (χ1n) is 12.8. The molecule has 0 radical (unpaired) electrons. The van der Waals surface area contributed by atoms with Gasteiger partial charge in [-0.2, -0.15) is 5.10 Å². The lowest BCUT2D eigenvalue weighted by molar-refractivity contribution is 0.207. The molecule has 1 aliphatic heterocycles. The Morgan fingerprint density at radius 1 is 1.06 bits per heavy atom. The molecule has 7 nitrogen and oxygen atoms in total. The first-order valence-corrected chi connectivity index (χ1v) is 12.8. The molecule has 4 aromatic rings. The SMILES string of the molecule is C/C=C\C=C(/c1cc(-c2n[nH]c3cnc(-c4cnccc4C)cc23)[nH]c1C)N1CCN(C)CC1.CC. The van der Waals surface area contributed by atoms with Crippen molar-refractivity contribution < 1.29 is 0 Å². The Morgan fingerprint density at radius 2 is 1.83 bits per heavy atom. The maximum atomic E-state index is 4.66. The van der Waals surface area contributed by atoms with Crippen molar-refractivity contribution >= 4 is 16.6 Å². The van der Waals surface area contributed by atoms with Crippen molar-refractivity contribution in [3.8, 4) is 22.6 Å². The largest absolute Gasteiger partial charge is 0.368 e. The van der Waals surface area contributed by atoms with Crippen molar-refractivity contribution in [2.75, 3.05) is 33.2 Å². The quantitative estimate of drug-likeness (QED) is 0.350. The highest BCUT2D eigenvalue weighted by atomic mass is 15.3. The Balaban J connectivity index is 0.00000148. The molecule has 0 bridgehead atoms. The monoisotopic (exact) mass is 483 g/mol. The topological polar surface area (TPSA) is 76.7 Å². The molecule has 188 valence electrons. The van der Waals surface area contributed by atoms with E-state index >= 15 is 0 Å². The molecule has 2 N–H and O–H groups in total. The summed E-state index contributed by atoms with van der Waals surface area (Å²) in [6.07, 6.45) is 12.0. The van der Waals surface area contributed by atoms with Crippen LogP contribution in [0.25, 0.3) is 39.2 Å². The second-order valence-electron chi connectivity index (χ2n) is 8.97. The van der Waals surface area contributed by atoms with Crippen LogP contribution in [0.2, 0.25) is 0 Å². The van der Waals surface area contributed by atoms with Crippen LogP contribution in [-0.4, -0.2) is 68.2 Å². The third-order valence-corrected chi connectivity index (χ3v) is 6.60. The average Bonchev–Trinajstić information content (AvgIpc) is 3.50. The fourth-order valence-electron chi connectivity index (χ4n) is 4.55. The molecule has 0 atom stereocenters. The molecule has 1 aliphatic rings. The van der Waals surface area contributed by atoms with Gasteiger partial charge in [0.2, 0.25) is 0 Å². The predicted molar refractivity (Wildman–Crippen MR) is 150 cm³/mol. The van der Waals surface area contributed by atoms with Crippen LogP contribution in [0.1, 0.15) is 37.6 Å². The van der Waals surface area contributed by atoms with Gasteiger partial charge >= 0.3 is 0 Å². The van der Waals surface area contributed by atoms with E-state index in [1.807, 2.05) is 38.5 Å². The molecule has 0 aromatic carbocycles. The highest BCUT2D eigenvalue weighted by Crippen LogP contribution is 2.33. The van der Waals surface area contributed by atoms with E-state index in [0.717, 1.165) is 71.0 Å². The number of rotatable bonds is 5. The minimum absolute atomic E-state index is 0.898. The zero-order valence-corrected chi connectivity index (χ0v) is 22.3. The molecule has 1 saturated heterocycles. The molecule has 5 heterocycles. The lowest BCUT2D eigenvalue weighted by Gasteiger charge is -2.35. The van der Waals surface area contributed by atoms with Crippen molar-refractivity contribution in [3.63, 3.8) is 0 Å². The second kappa shape index (κ2) is 11.4. The maximum Gasteiger partial charge on any atom is 0.116 e. The number of hydrogen-bond acceptors (Lipinski definition) is 5. The molecule has 7 heteroatoms. The molecule has 0 aliphatic carbocycles. The third kappa shape index (κ3) is 5.11. The Labute approximate surface area is 214 Å². The summed E-state index contributed by atoms with van der Waals surface area (Å²) in [5.41, 5.74) is 9.50. The number of nitrogens with one attached hydrogen (secondary N) is 2. The van der Waals surface area contributed by atoms with Gasteiger partial charge in [0.15, 0.2) is 0 Å². The molecule has 4 aromatic heterocycles. The molecule has 5 rings (SSSR count). The smallest absolute Gasteiger partial charge is 0.116 e. The Morgan fingerprint density at radius 3 is 2.56 bits per heavy atom. The first-order chi connectivity index (χ1) is 17.5. The van der Waals surface area contributed by atoms with Crippen LogP contribution in [-0.2, 0) is 0 Å². The van der Waals surface area contributed by atoms with Crippen LogP contribution < -0.4 is 0 Å². The number of nitrogens with zero attached hydrogens (tertiary/aromatic N) is 5. The zero-order valence-electron chi connectivity index (χ0n) is 22.3. The van der Waals surface area contributed by atoms with E-state index in [-0.39, 0.29) is 0 Å². The third-order valence-electron chi connectivity index (χ3n) is 6.60. The molecule has 1 fully saturated rings. The number of piperazine rings is 1. The van der Waals surface area contributed by atoms with Crippen LogP contribution >= 0.6 is 0 Å². The standard InChI is InChI=1S/C27H31N7.C2H6/c1-5-6-7-26(34-12-10-33(4)11-13-34)20-14-24(30-19(20)3)27-21-15-23(29-17-25(21)31-32-27)22-16-28-9-8-18(22)2;1-2/h5-9,14-17,30H,10-13H2,1-4H3,(H,31,32);1-2H3/b6-5-,26-7+;. The van der Waals surface area contributed by atoms with E-state index in [4.69, 9.17) is 0 Å². The van der Waals surface area contributed by atoms with Crippen molar-refractivity contribution in [2.45, 2.75) is 34.6 Å². The summed E-state index contributed by atoms with van der Waals surface area (Å²) in [5.74, 6) is 0. The summed E-state index contributed by atoms with van der Waals surface area (Å²) >= 11 is 0. The van der Waals surface area contributed by atoms with Gasteiger partial charge < -0.3 is 14.8 Å². The molecule has 0 saturated carbocycles. The molecular weight excluding hydrogens is 446 g/mol. The number of H-pyrrole nitrogens is 2. The Hall–Kier alpha value is -3.71. The number of aryl methyl sites for hydroxylation is 2. The van der Waals surface area contributed by atoms with Gasteiger partial charge in [-0.3, -0.25) is 15.1 Å².